The second-order valence-electron chi connectivity index (χ2n) is 3.08. The molecule has 0 unspecified atom stereocenters. The van der Waals surface area contributed by atoms with Gasteiger partial charge in [0.05, 0.1) is 5.48 Å². The highest BCUT2D eigenvalue weighted by Gasteiger charge is 2.59. The molecule has 0 aromatic carbocycles. The van der Waals surface area contributed by atoms with E-state index in [2.05, 4.69) is 4.98 Å². The number of aromatic nitrogens is 1. The lowest BCUT2D eigenvalue weighted by molar-refractivity contribution is 0.130. The van der Waals surface area contributed by atoms with Gasteiger partial charge >= 0.3 is 15.2 Å². The third kappa shape index (κ3) is 3.00. The van der Waals surface area contributed by atoms with Crippen molar-refractivity contribution in [3.8, 4) is 0 Å². The van der Waals surface area contributed by atoms with Crippen molar-refractivity contribution in [3.63, 3.8) is 0 Å². The lowest BCUT2D eigenvalue weighted by Crippen LogP contribution is -2.31. The number of hydrogen-bond acceptors (Lipinski definition) is 4. The van der Waals surface area contributed by atoms with Crippen LogP contribution in [0.1, 0.15) is 11.2 Å². The van der Waals surface area contributed by atoms with Gasteiger partial charge in [-0.05, 0) is 12.1 Å². The van der Waals surface area contributed by atoms with Crippen molar-refractivity contribution < 1.29 is 39.3 Å². The van der Waals surface area contributed by atoms with Crippen LogP contribution >= 0.6 is 15.2 Å². The Kier molecular flexibility index (Phi) is 2.52. The molecule has 0 atom stereocenters. The average Bonchev–Trinajstić information content (AvgIpc) is 2.30. The smallest absolute Gasteiger partial charge is 0.367 e. The molecule has 5 N–H and O–H groups in total. The fourth-order valence-corrected chi connectivity index (χ4v) is 3.01. The van der Waals surface area contributed by atoms with Crippen molar-refractivity contribution in [1.82, 2.24) is 4.98 Å². The number of pyridine rings is 1. The SMILES string of the molecule is [2H]c1nc(CC(O)(P(=O)(O)O)P(=O)(O)O)c([2H])c([2H])c1[2H]. The van der Waals surface area contributed by atoms with Crippen LogP contribution in [0.2, 0.25) is 0 Å². The first-order chi connectivity index (χ1) is 9.22. The van der Waals surface area contributed by atoms with E-state index < -0.39 is 56.7 Å². The van der Waals surface area contributed by atoms with Crippen LogP contribution < -0.4 is 0 Å². The van der Waals surface area contributed by atoms with E-state index in [-0.39, 0.29) is 0 Å². The summed E-state index contributed by atoms with van der Waals surface area (Å²) in [5, 5.41) is 5.87. The molecule has 0 amide bonds. The third-order valence-corrected chi connectivity index (χ3v) is 5.60. The Hall–Kier alpha value is -0.590. The van der Waals surface area contributed by atoms with Crippen LogP contribution in [-0.2, 0) is 15.6 Å². The molecular weight excluding hydrogens is 272 g/mol. The minimum atomic E-state index is -5.74. The van der Waals surface area contributed by atoms with Crippen molar-refractivity contribution in [1.29, 1.82) is 0 Å². The highest BCUT2D eigenvalue weighted by atomic mass is 31.2. The first kappa shape index (κ1) is 9.35. The summed E-state index contributed by atoms with van der Waals surface area (Å²) in [4.78, 5) is 39.1. The molecule has 1 aromatic heterocycles. The maximum Gasteiger partial charge on any atom is 0.369 e. The van der Waals surface area contributed by atoms with Gasteiger partial charge in [0, 0.05) is 18.3 Å². The fourth-order valence-electron chi connectivity index (χ4n) is 0.939. The zero-order valence-corrected chi connectivity index (χ0v) is 9.89. The molecule has 0 saturated carbocycles. The summed E-state index contributed by atoms with van der Waals surface area (Å²) in [7, 11) is -11.5. The van der Waals surface area contributed by atoms with Gasteiger partial charge in [-0.25, -0.2) is 0 Å². The quantitative estimate of drug-likeness (QED) is 0.471. The van der Waals surface area contributed by atoms with Crippen LogP contribution in [0.3, 0.4) is 0 Å². The molecule has 0 aliphatic rings. The van der Waals surface area contributed by atoms with E-state index in [1.54, 1.807) is 0 Å². The number of nitrogens with zero attached hydrogens (tertiary/aromatic N) is 1. The molecule has 1 rings (SSSR count). The molecule has 0 bridgehead atoms. The van der Waals surface area contributed by atoms with Crippen LogP contribution in [0.5, 0.6) is 0 Å². The summed E-state index contributed by atoms with van der Waals surface area (Å²) in [6, 6.07) is -2.42. The standard InChI is InChI=1S/C7H11NO7P2/c9-7(16(10,11)12,17(13,14)15)5-6-3-1-2-4-8-6/h1-4,9H,5H2,(H2,10,11,12)(H2,13,14,15)/i1D,2D,3D,4D. The predicted molar refractivity (Wildman–Crippen MR) is 57.0 cm³/mol. The summed E-state index contributed by atoms with van der Waals surface area (Å²) in [6.07, 6.45) is -2.27. The lowest BCUT2D eigenvalue weighted by Gasteiger charge is -2.28. The Morgan fingerprint density at radius 3 is 2.24 bits per heavy atom. The molecule has 0 saturated heterocycles. The van der Waals surface area contributed by atoms with Gasteiger partial charge in [-0.1, -0.05) is 6.04 Å². The first-order valence-corrected chi connectivity index (χ1v) is 7.22. The highest BCUT2D eigenvalue weighted by Crippen LogP contribution is 2.68. The molecule has 8 nitrogen and oxygen atoms in total. The largest absolute Gasteiger partial charge is 0.369 e. The van der Waals surface area contributed by atoms with Crippen molar-refractivity contribution in [2.45, 2.75) is 11.5 Å². The van der Waals surface area contributed by atoms with Crippen LogP contribution in [0.15, 0.2) is 24.3 Å². The molecule has 0 radical (unpaired) electrons. The van der Waals surface area contributed by atoms with Crippen LogP contribution in [0.4, 0.5) is 0 Å². The van der Waals surface area contributed by atoms with E-state index >= 15 is 0 Å². The van der Waals surface area contributed by atoms with Crippen molar-refractivity contribution in [2.24, 2.45) is 0 Å². The summed E-state index contributed by atoms with van der Waals surface area (Å²) in [5.41, 5.74) is -0.782. The number of hydrogen-bond donors (Lipinski definition) is 5. The maximum absolute atomic E-state index is 11.2. The Bertz CT molecular complexity index is 649. The zero-order chi connectivity index (χ0) is 16.8. The molecule has 96 valence electrons. The van der Waals surface area contributed by atoms with E-state index in [0.717, 1.165) is 0 Å². The van der Waals surface area contributed by atoms with E-state index in [0.29, 0.717) is 0 Å². The number of rotatable bonds is 4. The van der Waals surface area contributed by atoms with Gasteiger partial charge in [0.25, 0.3) is 5.08 Å². The van der Waals surface area contributed by atoms with Crippen molar-refractivity contribution in [3.05, 3.63) is 30.0 Å². The first-order valence-electron chi connectivity index (χ1n) is 5.99. The summed E-state index contributed by atoms with van der Waals surface area (Å²) < 4.78 is 51.6. The second kappa shape index (κ2) is 4.59. The lowest BCUT2D eigenvalue weighted by atomic mass is 10.3. The highest BCUT2D eigenvalue weighted by molar-refractivity contribution is 7.72. The zero-order valence-electron chi connectivity index (χ0n) is 12.1. The average molecular weight is 287 g/mol. The van der Waals surface area contributed by atoms with E-state index in [1.807, 2.05) is 0 Å². The van der Waals surface area contributed by atoms with Gasteiger partial charge < -0.3 is 24.7 Å². The summed E-state index contributed by atoms with van der Waals surface area (Å²) in [6.45, 7) is 0. The van der Waals surface area contributed by atoms with Gasteiger partial charge in [0.15, 0.2) is 0 Å². The topological polar surface area (TPSA) is 148 Å². The normalized spacial score (nSPS) is 17.0. The molecule has 1 heterocycles. The minimum absolute atomic E-state index is 0.736. The number of aliphatic hydroxyl groups is 1. The molecule has 17 heavy (non-hydrogen) atoms. The maximum atomic E-state index is 11.2. The fraction of sp³-hybridized carbons (Fsp3) is 0.286. The predicted octanol–water partition coefficient (Wildman–Crippen LogP) is -0.374. The van der Waals surface area contributed by atoms with Crippen molar-refractivity contribution >= 4 is 15.2 Å². The van der Waals surface area contributed by atoms with Gasteiger partial charge in [-0.15, -0.1) is 0 Å². The molecule has 10 heteroatoms. The molecule has 0 fully saturated rings. The van der Waals surface area contributed by atoms with Gasteiger partial charge in [0.1, 0.15) is 0 Å². The Morgan fingerprint density at radius 2 is 1.76 bits per heavy atom. The minimum Gasteiger partial charge on any atom is -0.367 e. The molecule has 1 aromatic rings. The molecule has 0 aliphatic heterocycles. The second-order valence-corrected chi connectivity index (χ2v) is 7.09. The summed E-state index contributed by atoms with van der Waals surface area (Å²) >= 11 is 0. The third-order valence-electron chi connectivity index (χ3n) is 1.85. The molecule has 0 aliphatic carbocycles. The Balaban J connectivity index is 3.51. The van der Waals surface area contributed by atoms with E-state index in [4.69, 9.17) is 25.1 Å². The van der Waals surface area contributed by atoms with Gasteiger partial charge in [0.2, 0.25) is 0 Å². The molecule has 0 spiro atoms. The van der Waals surface area contributed by atoms with Crippen molar-refractivity contribution in [2.75, 3.05) is 0 Å². The van der Waals surface area contributed by atoms with Crippen LogP contribution in [-0.4, -0.2) is 34.7 Å². The van der Waals surface area contributed by atoms with Gasteiger partial charge in [-0.2, -0.15) is 0 Å². The van der Waals surface area contributed by atoms with Crippen LogP contribution in [0.25, 0.3) is 0 Å². The monoisotopic (exact) mass is 287 g/mol. The van der Waals surface area contributed by atoms with E-state index in [9.17, 15) is 14.2 Å². The van der Waals surface area contributed by atoms with E-state index in [1.165, 1.54) is 0 Å². The summed E-state index contributed by atoms with van der Waals surface area (Å²) in [5.74, 6) is 0. The molecular formula is C7H11NO7P2. The Morgan fingerprint density at radius 1 is 1.24 bits per heavy atom. The van der Waals surface area contributed by atoms with Crippen LogP contribution in [0, 0.1) is 0 Å². The Labute approximate surface area is 102 Å². The van der Waals surface area contributed by atoms with Gasteiger partial charge in [-0.3, -0.25) is 14.1 Å².